The molecular weight excluding hydrogens is 336 g/mol. The van der Waals surface area contributed by atoms with Crippen molar-refractivity contribution in [1.82, 2.24) is 20.1 Å². The summed E-state index contributed by atoms with van der Waals surface area (Å²) in [4.78, 5) is 4.83. The van der Waals surface area contributed by atoms with Crippen LogP contribution in [0.15, 0.2) is 54.6 Å². The average molecular weight is 360 g/mol. The first-order chi connectivity index (χ1) is 13.2. The number of fused-ring (bicyclic) bond motifs is 1. The first kappa shape index (κ1) is 16.7. The molecule has 2 aliphatic rings. The van der Waals surface area contributed by atoms with Crippen molar-refractivity contribution in [1.29, 1.82) is 0 Å². The van der Waals surface area contributed by atoms with Crippen molar-refractivity contribution in [2.75, 3.05) is 13.1 Å². The fourth-order valence-electron chi connectivity index (χ4n) is 4.39. The van der Waals surface area contributed by atoms with Crippen molar-refractivity contribution >= 4 is 0 Å². The summed E-state index contributed by atoms with van der Waals surface area (Å²) < 4.78 is 2.02. The van der Waals surface area contributed by atoms with Crippen LogP contribution in [0.5, 0.6) is 0 Å². The lowest BCUT2D eigenvalue weighted by molar-refractivity contribution is 0.209. The largest absolute Gasteiger partial charge is 0.380 e. The lowest BCUT2D eigenvalue weighted by atomic mass is 10.1. The number of aryl methyl sites for hydroxylation is 1. The van der Waals surface area contributed by atoms with E-state index in [0.29, 0.717) is 30.1 Å². The van der Waals surface area contributed by atoms with Gasteiger partial charge in [0.05, 0.1) is 6.54 Å². The van der Waals surface area contributed by atoms with Crippen LogP contribution in [0.3, 0.4) is 0 Å². The van der Waals surface area contributed by atoms with Crippen molar-refractivity contribution in [3.63, 3.8) is 0 Å². The monoisotopic (exact) mass is 360 g/mol. The van der Waals surface area contributed by atoms with E-state index in [0.717, 1.165) is 24.5 Å². The Morgan fingerprint density at radius 3 is 2.52 bits per heavy atom. The summed E-state index contributed by atoms with van der Waals surface area (Å²) in [6.07, 6.45) is -0.792. The summed E-state index contributed by atoms with van der Waals surface area (Å²) in [5, 5.41) is 19.0. The van der Waals surface area contributed by atoms with Gasteiger partial charge in [-0.2, -0.15) is 5.10 Å². The predicted octanol–water partition coefficient (Wildman–Crippen LogP) is 2.65. The summed E-state index contributed by atoms with van der Waals surface area (Å²) in [7, 11) is 0. The second-order valence-corrected chi connectivity index (χ2v) is 7.74. The quantitative estimate of drug-likeness (QED) is 0.734. The molecule has 4 atom stereocenters. The molecule has 0 amide bonds. The van der Waals surface area contributed by atoms with Crippen LogP contribution in [0.2, 0.25) is 0 Å². The van der Waals surface area contributed by atoms with Gasteiger partial charge < -0.3 is 10.4 Å². The summed E-state index contributed by atoms with van der Waals surface area (Å²) >= 11 is 0. The SMILES string of the molecule is Cc1ccccc1Cn1nc(C(O)c2ccccc2)nc1C1[C@H]2CNC[C@@H]12. The number of rotatable bonds is 5. The number of aromatic nitrogens is 3. The molecule has 5 rings (SSSR count). The van der Waals surface area contributed by atoms with Gasteiger partial charge in [0, 0.05) is 5.92 Å². The van der Waals surface area contributed by atoms with Gasteiger partial charge in [0.25, 0.3) is 0 Å². The zero-order chi connectivity index (χ0) is 18.4. The molecule has 1 aliphatic heterocycles. The van der Waals surface area contributed by atoms with Gasteiger partial charge in [0.1, 0.15) is 11.9 Å². The standard InChI is InChI=1S/C22H24N4O/c1-14-7-5-6-10-16(14)13-26-22(19-17-11-23-12-18(17)19)24-21(25-26)20(27)15-8-3-2-4-9-15/h2-10,17-20,23,27H,11-13H2,1H3/t17-,18+,19?,20?. The van der Waals surface area contributed by atoms with E-state index in [1.54, 1.807) is 0 Å². The van der Waals surface area contributed by atoms with E-state index in [9.17, 15) is 5.11 Å². The minimum absolute atomic E-state index is 0.458. The Hall–Kier alpha value is -2.50. The molecule has 5 nitrogen and oxygen atoms in total. The highest BCUT2D eigenvalue weighted by molar-refractivity contribution is 5.29. The topological polar surface area (TPSA) is 63.0 Å². The molecule has 2 unspecified atom stereocenters. The molecule has 5 heteroatoms. The highest BCUT2D eigenvalue weighted by Gasteiger charge is 2.56. The molecule has 2 fully saturated rings. The Bertz CT molecular complexity index is 942. The molecule has 0 radical (unpaired) electrons. The Morgan fingerprint density at radius 2 is 1.78 bits per heavy atom. The van der Waals surface area contributed by atoms with E-state index < -0.39 is 6.10 Å². The zero-order valence-electron chi connectivity index (χ0n) is 15.4. The summed E-state index contributed by atoms with van der Waals surface area (Å²) in [6.45, 7) is 4.94. The van der Waals surface area contributed by atoms with Crippen molar-refractivity contribution in [3.05, 3.63) is 82.9 Å². The fraction of sp³-hybridized carbons (Fsp3) is 0.364. The normalized spacial score (nSPS) is 24.6. The first-order valence-corrected chi connectivity index (χ1v) is 9.65. The highest BCUT2D eigenvalue weighted by Crippen LogP contribution is 2.55. The van der Waals surface area contributed by atoms with Gasteiger partial charge in [0.2, 0.25) is 0 Å². The molecule has 1 aromatic heterocycles. The molecule has 3 aromatic rings. The minimum Gasteiger partial charge on any atom is -0.380 e. The van der Waals surface area contributed by atoms with Gasteiger partial charge in [0.15, 0.2) is 5.82 Å². The van der Waals surface area contributed by atoms with E-state index in [4.69, 9.17) is 10.1 Å². The maximum Gasteiger partial charge on any atom is 0.183 e. The summed E-state index contributed by atoms with van der Waals surface area (Å²) in [5.41, 5.74) is 3.32. The van der Waals surface area contributed by atoms with Gasteiger partial charge in [-0.3, -0.25) is 0 Å². The molecule has 2 N–H and O–H groups in total. The molecule has 0 bridgehead atoms. The third kappa shape index (κ3) is 2.97. The van der Waals surface area contributed by atoms with Crippen molar-refractivity contribution in [2.45, 2.75) is 25.5 Å². The van der Waals surface area contributed by atoms with Crippen LogP contribution in [0, 0.1) is 18.8 Å². The third-order valence-electron chi connectivity index (χ3n) is 6.05. The van der Waals surface area contributed by atoms with Crippen LogP contribution >= 0.6 is 0 Å². The van der Waals surface area contributed by atoms with Gasteiger partial charge in [-0.05, 0) is 48.5 Å². The Kier molecular flexibility index (Phi) is 4.06. The number of nitrogens with one attached hydrogen (secondary N) is 1. The fourth-order valence-corrected chi connectivity index (χ4v) is 4.39. The van der Waals surface area contributed by atoms with Crippen molar-refractivity contribution in [2.24, 2.45) is 11.8 Å². The predicted molar refractivity (Wildman–Crippen MR) is 103 cm³/mol. The van der Waals surface area contributed by atoms with Crippen molar-refractivity contribution in [3.8, 4) is 0 Å². The van der Waals surface area contributed by atoms with Gasteiger partial charge in [-0.25, -0.2) is 9.67 Å². The maximum atomic E-state index is 10.8. The van der Waals surface area contributed by atoms with Crippen LogP contribution in [-0.4, -0.2) is 33.0 Å². The summed E-state index contributed by atoms with van der Waals surface area (Å²) in [5.74, 6) is 3.31. The van der Waals surface area contributed by atoms with E-state index >= 15 is 0 Å². The lowest BCUT2D eigenvalue weighted by Crippen LogP contribution is -2.16. The van der Waals surface area contributed by atoms with E-state index in [2.05, 4.69) is 36.5 Å². The number of aliphatic hydroxyl groups excluding tert-OH is 1. The number of hydrogen-bond acceptors (Lipinski definition) is 4. The highest BCUT2D eigenvalue weighted by atomic mass is 16.3. The van der Waals surface area contributed by atoms with Crippen LogP contribution < -0.4 is 5.32 Å². The maximum absolute atomic E-state index is 10.8. The number of aliphatic hydroxyl groups is 1. The summed E-state index contributed by atoms with van der Waals surface area (Å²) in [6, 6.07) is 18.0. The molecule has 0 spiro atoms. The van der Waals surface area contributed by atoms with Gasteiger partial charge in [-0.15, -0.1) is 0 Å². The first-order valence-electron chi connectivity index (χ1n) is 9.65. The molecule has 2 heterocycles. The Morgan fingerprint density at radius 1 is 1.07 bits per heavy atom. The number of piperidine rings is 1. The number of benzene rings is 2. The molecule has 27 heavy (non-hydrogen) atoms. The Labute approximate surface area is 159 Å². The van der Waals surface area contributed by atoms with Crippen molar-refractivity contribution < 1.29 is 5.11 Å². The van der Waals surface area contributed by atoms with Crippen LogP contribution in [-0.2, 0) is 6.54 Å². The molecule has 1 saturated carbocycles. The number of nitrogens with zero attached hydrogens (tertiary/aromatic N) is 3. The molecule has 1 aliphatic carbocycles. The lowest BCUT2D eigenvalue weighted by Gasteiger charge is -2.10. The average Bonchev–Trinajstić information content (AvgIpc) is 3.04. The zero-order valence-corrected chi connectivity index (χ0v) is 15.4. The smallest absolute Gasteiger partial charge is 0.183 e. The van der Waals surface area contributed by atoms with Crippen LogP contribution in [0.4, 0.5) is 0 Å². The third-order valence-corrected chi connectivity index (χ3v) is 6.05. The van der Waals surface area contributed by atoms with Crippen LogP contribution in [0.1, 0.15) is 40.4 Å². The molecule has 2 aromatic carbocycles. The second-order valence-electron chi connectivity index (χ2n) is 7.74. The van der Waals surface area contributed by atoms with Gasteiger partial charge in [-0.1, -0.05) is 54.6 Å². The van der Waals surface area contributed by atoms with E-state index in [-0.39, 0.29) is 0 Å². The Balaban J connectivity index is 1.50. The second kappa shape index (κ2) is 6.59. The van der Waals surface area contributed by atoms with Gasteiger partial charge >= 0.3 is 0 Å². The number of hydrogen-bond donors (Lipinski definition) is 2. The van der Waals surface area contributed by atoms with E-state index in [1.165, 1.54) is 11.1 Å². The molecule has 1 saturated heterocycles. The van der Waals surface area contributed by atoms with E-state index in [1.807, 2.05) is 35.0 Å². The minimum atomic E-state index is -0.792. The molecular formula is C22H24N4O. The van der Waals surface area contributed by atoms with Crippen LogP contribution in [0.25, 0.3) is 0 Å². The molecule has 138 valence electrons.